The zero-order valence-corrected chi connectivity index (χ0v) is 5.14. The third-order valence-corrected chi connectivity index (χ3v) is 1.66. The first-order valence-corrected chi connectivity index (χ1v) is 2.93. The topological polar surface area (TPSA) is 0 Å². The quantitative estimate of drug-likeness (QED) is 0.494. The molecule has 0 aromatic rings. The fourth-order valence-corrected chi connectivity index (χ4v) is 0.847. The highest BCUT2D eigenvalue weighted by atomic mass is 35.5. The predicted octanol–water partition coefficient (Wildman–Crippen LogP) is 2.50. The summed E-state index contributed by atoms with van der Waals surface area (Å²) in [5.74, 6) is -0.0872. The number of alkyl halides is 3. The van der Waals surface area contributed by atoms with E-state index in [2.05, 4.69) is 0 Å². The molecular formula is C4H5Cl2F. The summed E-state index contributed by atoms with van der Waals surface area (Å²) < 4.78 is 10.2. The lowest BCUT2D eigenvalue weighted by Crippen LogP contribution is -2.05. The van der Waals surface area contributed by atoms with E-state index in [4.69, 9.17) is 23.2 Å². The zero-order valence-electron chi connectivity index (χ0n) is 3.63. The van der Waals surface area contributed by atoms with Gasteiger partial charge < -0.3 is 0 Å². The number of hydrogen-bond donors (Lipinski definition) is 0. The molecule has 0 radical (unpaired) electrons. The molecular weight excluding hydrogens is 138 g/mol. The van der Waals surface area contributed by atoms with E-state index in [0.29, 0.717) is 0 Å². The Morgan fingerprint density at radius 2 is 1.86 bits per heavy atom. The van der Waals surface area contributed by atoms with Gasteiger partial charge >= 0.3 is 0 Å². The predicted molar refractivity (Wildman–Crippen MR) is 28.3 cm³/mol. The summed E-state index contributed by atoms with van der Waals surface area (Å²) in [5.41, 5.74) is 0. The van der Waals surface area contributed by atoms with Gasteiger partial charge in [-0.1, -0.05) is 23.2 Å². The molecule has 0 atom stereocenters. The van der Waals surface area contributed by atoms with Gasteiger partial charge in [0, 0.05) is 5.92 Å². The maximum Gasteiger partial charge on any atom is 0.260 e. The van der Waals surface area contributed by atoms with Crippen LogP contribution in [0.3, 0.4) is 0 Å². The van der Waals surface area contributed by atoms with Crippen molar-refractivity contribution in [1.29, 1.82) is 0 Å². The molecule has 1 aliphatic rings. The number of rotatable bonds is 1. The molecule has 1 saturated carbocycles. The molecule has 0 saturated heterocycles. The Balaban J connectivity index is 2.36. The van der Waals surface area contributed by atoms with Crippen molar-refractivity contribution in [3.63, 3.8) is 0 Å². The summed E-state index contributed by atoms with van der Waals surface area (Å²) in [7, 11) is 0. The second-order valence-corrected chi connectivity index (χ2v) is 3.11. The van der Waals surface area contributed by atoms with Crippen molar-refractivity contribution >= 4 is 23.2 Å². The van der Waals surface area contributed by atoms with Gasteiger partial charge in [-0.25, -0.2) is 4.39 Å². The van der Waals surface area contributed by atoms with Gasteiger partial charge in [0.25, 0.3) is 4.59 Å². The van der Waals surface area contributed by atoms with Gasteiger partial charge in [0.1, 0.15) is 0 Å². The molecule has 3 heteroatoms. The Morgan fingerprint density at radius 3 is 1.86 bits per heavy atom. The minimum Gasteiger partial charge on any atom is -0.208 e. The van der Waals surface area contributed by atoms with E-state index >= 15 is 0 Å². The van der Waals surface area contributed by atoms with Gasteiger partial charge in [-0.3, -0.25) is 0 Å². The third-order valence-electron chi connectivity index (χ3n) is 1.04. The van der Waals surface area contributed by atoms with E-state index in [-0.39, 0.29) is 5.92 Å². The largest absolute Gasteiger partial charge is 0.260 e. The van der Waals surface area contributed by atoms with E-state index in [1.807, 2.05) is 0 Å². The average Bonchev–Trinajstić information content (AvgIpc) is 1.99. The number of halogens is 3. The van der Waals surface area contributed by atoms with Crippen LogP contribution in [0.1, 0.15) is 12.8 Å². The molecule has 1 fully saturated rings. The fraction of sp³-hybridized carbons (Fsp3) is 1.00. The van der Waals surface area contributed by atoms with Crippen LogP contribution in [0.15, 0.2) is 0 Å². The van der Waals surface area contributed by atoms with E-state index in [1.165, 1.54) is 0 Å². The van der Waals surface area contributed by atoms with Crippen molar-refractivity contribution in [2.24, 2.45) is 5.92 Å². The summed E-state index contributed by atoms with van der Waals surface area (Å²) >= 11 is 10.1. The van der Waals surface area contributed by atoms with Gasteiger partial charge in [0.2, 0.25) is 0 Å². The second-order valence-electron chi connectivity index (χ2n) is 1.82. The minimum absolute atomic E-state index is 0.0872. The molecule has 0 aromatic heterocycles. The van der Waals surface area contributed by atoms with Gasteiger partial charge in [-0.2, -0.15) is 0 Å². The lowest BCUT2D eigenvalue weighted by molar-refractivity contribution is 0.353. The van der Waals surface area contributed by atoms with Crippen LogP contribution in [0.4, 0.5) is 4.39 Å². The standard InChI is InChI=1S/C4H5Cl2F/c5-4(6,7)3-1-2-3/h3H,1-2H2. The molecule has 0 aliphatic heterocycles. The van der Waals surface area contributed by atoms with E-state index in [1.54, 1.807) is 0 Å². The SMILES string of the molecule is FC(Cl)(Cl)C1CC1. The lowest BCUT2D eigenvalue weighted by atomic mass is 10.5. The Bertz CT molecular complexity index is 72.2. The highest BCUT2D eigenvalue weighted by molar-refractivity contribution is 6.47. The van der Waals surface area contributed by atoms with Crippen LogP contribution in [0, 0.1) is 5.92 Å². The highest BCUT2D eigenvalue weighted by Gasteiger charge is 2.42. The normalized spacial score (nSPS) is 22.7. The van der Waals surface area contributed by atoms with Crippen LogP contribution in [-0.2, 0) is 0 Å². The summed E-state index contributed by atoms with van der Waals surface area (Å²) in [6.45, 7) is 0. The molecule has 0 aromatic carbocycles. The molecule has 0 bridgehead atoms. The highest BCUT2D eigenvalue weighted by Crippen LogP contribution is 2.47. The van der Waals surface area contributed by atoms with Crippen molar-refractivity contribution in [3.8, 4) is 0 Å². The summed E-state index contributed by atoms with van der Waals surface area (Å²) in [5, 5.41) is 0. The fourth-order valence-electron chi connectivity index (χ4n) is 0.411. The maximum absolute atomic E-state index is 12.1. The Labute approximate surface area is 51.6 Å². The molecule has 0 heterocycles. The van der Waals surface area contributed by atoms with Crippen molar-refractivity contribution in [2.45, 2.75) is 17.4 Å². The summed E-state index contributed by atoms with van der Waals surface area (Å²) in [6.07, 6.45) is 1.67. The van der Waals surface area contributed by atoms with Crippen molar-refractivity contribution < 1.29 is 4.39 Å². The lowest BCUT2D eigenvalue weighted by Gasteiger charge is -2.03. The van der Waals surface area contributed by atoms with Gasteiger partial charge in [-0.15, -0.1) is 0 Å². The molecule has 0 nitrogen and oxygen atoms in total. The van der Waals surface area contributed by atoms with Gasteiger partial charge in [0.15, 0.2) is 0 Å². The zero-order chi connectivity index (χ0) is 5.49. The summed E-state index contributed by atoms with van der Waals surface area (Å²) in [6, 6.07) is 0. The van der Waals surface area contributed by atoms with E-state index in [0.717, 1.165) is 12.8 Å². The van der Waals surface area contributed by atoms with E-state index < -0.39 is 4.59 Å². The Morgan fingerprint density at radius 1 is 1.43 bits per heavy atom. The third kappa shape index (κ3) is 1.46. The Kier molecular flexibility index (Phi) is 1.20. The first-order valence-electron chi connectivity index (χ1n) is 2.17. The Hall–Kier alpha value is 0.510. The molecule has 0 spiro atoms. The first-order chi connectivity index (χ1) is 3.11. The van der Waals surface area contributed by atoms with Crippen molar-refractivity contribution in [3.05, 3.63) is 0 Å². The van der Waals surface area contributed by atoms with Crippen LogP contribution in [-0.4, -0.2) is 4.59 Å². The smallest absolute Gasteiger partial charge is 0.208 e. The second kappa shape index (κ2) is 1.49. The summed E-state index contributed by atoms with van der Waals surface area (Å²) in [4.78, 5) is 0. The first kappa shape index (κ1) is 5.64. The van der Waals surface area contributed by atoms with Crippen LogP contribution in [0.5, 0.6) is 0 Å². The molecule has 1 aliphatic carbocycles. The maximum atomic E-state index is 12.1. The molecule has 0 N–H and O–H groups in total. The molecule has 1 rings (SSSR count). The molecule has 0 unspecified atom stereocenters. The molecule has 7 heavy (non-hydrogen) atoms. The van der Waals surface area contributed by atoms with Gasteiger partial charge in [0.05, 0.1) is 0 Å². The van der Waals surface area contributed by atoms with Crippen molar-refractivity contribution in [2.75, 3.05) is 0 Å². The van der Waals surface area contributed by atoms with Crippen LogP contribution in [0.2, 0.25) is 0 Å². The van der Waals surface area contributed by atoms with Crippen molar-refractivity contribution in [1.82, 2.24) is 0 Å². The van der Waals surface area contributed by atoms with Crippen LogP contribution >= 0.6 is 23.2 Å². The average molecular weight is 143 g/mol. The monoisotopic (exact) mass is 142 g/mol. The molecule has 42 valence electrons. The van der Waals surface area contributed by atoms with Gasteiger partial charge in [-0.05, 0) is 12.8 Å². The molecule has 0 amide bonds. The minimum atomic E-state index is -1.94. The van der Waals surface area contributed by atoms with Crippen LogP contribution < -0.4 is 0 Å². The number of hydrogen-bond acceptors (Lipinski definition) is 0. The van der Waals surface area contributed by atoms with Crippen LogP contribution in [0.25, 0.3) is 0 Å². The van der Waals surface area contributed by atoms with E-state index in [9.17, 15) is 4.39 Å².